The summed E-state index contributed by atoms with van der Waals surface area (Å²) in [7, 11) is 0. The van der Waals surface area contributed by atoms with Crippen molar-refractivity contribution in [1.29, 1.82) is 0 Å². The van der Waals surface area contributed by atoms with E-state index in [-0.39, 0.29) is 12.3 Å². The molecule has 0 saturated carbocycles. The minimum absolute atomic E-state index is 0.0419. The van der Waals surface area contributed by atoms with Crippen LogP contribution in [-0.2, 0) is 4.79 Å². The lowest BCUT2D eigenvalue weighted by Crippen LogP contribution is -2.10. The Morgan fingerprint density at radius 1 is 1.79 bits per heavy atom. The number of hydrogen-bond donors (Lipinski definition) is 1. The van der Waals surface area contributed by atoms with Crippen molar-refractivity contribution < 1.29 is 4.79 Å². The second-order valence-electron chi connectivity index (χ2n) is 2.43. The molecule has 0 aromatic carbocycles. The number of hydrogen-bond acceptors (Lipinski definition) is 2. The van der Waals surface area contributed by atoms with Gasteiger partial charge in [-0.3, -0.25) is 4.79 Å². The van der Waals surface area contributed by atoms with Gasteiger partial charge in [0.15, 0.2) is 0 Å². The predicted molar refractivity (Wildman–Crippen MR) is 59.0 cm³/mol. The van der Waals surface area contributed by atoms with Crippen molar-refractivity contribution in [3.63, 3.8) is 0 Å². The lowest BCUT2D eigenvalue weighted by molar-refractivity contribution is -0.115. The van der Waals surface area contributed by atoms with Gasteiger partial charge in [-0.25, -0.2) is 4.98 Å². The van der Waals surface area contributed by atoms with E-state index in [4.69, 9.17) is 18.0 Å². The quantitative estimate of drug-likeness (QED) is 0.664. The van der Waals surface area contributed by atoms with Crippen LogP contribution in [0.1, 0.15) is 6.42 Å². The van der Waals surface area contributed by atoms with Crippen LogP contribution in [0.25, 0.3) is 0 Å². The molecule has 0 radical (unpaired) electrons. The normalized spacial score (nSPS) is 9.21. The van der Waals surface area contributed by atoms with Gasteiger partial charge >= 0.3 is 0 Å². The summed E-state index contributed by atoms with van der Waals surface area (Å²) in [5.74, 6) is 2.00. The van der Waals surface area contributed by atoms with Gasteiger partial charge in [-0.05, 0) is 22.0 Å². The first-order chi connectivity index (χ1) is 6.63. The highest BCUT2D eigenvalue weighted by Gasteiger charge is 2.03. The van der Waals surface area contributed by atoms with E-state index in [1.54, 1.807) is 6.07 Å². The maximum Gasteiger partial charge on any atom is 0.236 e. The molecule has 1 N–H and O–H groups in total. The molecule has 1 aromatic heterocycles. The summed E-state index contributed by atoms with van der Waals surface area (Å²) in [4.78, 5) is 14.9. The highest BCUT2D eigenvalue weighted by atomic mass is 79.9. The number of anilines is 1. The molecule has 1 heterocycles. The highest BCUT2D eigenvalue weighted by Crippen LogP contribution is 2.22. The molecule has 0 fully saturated rings. The molecular weight excluding hydrogens is 267 g/mol. The zero-order valence-electron chi connectivity index (χ0n) is 7.05. The molecule has 0 bridgehead atoms. The summed E-state index contributed by atoms with van der Waals surface area (Å²) in [5.41, 5.74) is 0.557. The minimum atomic E-state index is -0.247. The van der Waals surface area contributed by atoms with Gasteiger partial charge in [0.2, 0.25) is 5.91 Å². The second kappa shape index (κ2) is 4.99. The Balaban J connectivity index is 2.74. The van der Waals surface area contributed by atoms with Crippen molar-refractivity contribution in [2.75, 3.05) is 5.32 Å². The van der Waals surface area contributed by atoms with Crippen LogP contribution >= 0.6 is 27.5 Å². The second-order valence-corrected chi connectivity index (χ2v) is 3.64. The van der Waals surface area contributed by atoms with Crippen LogP contribution in [-0.4, -0.2) is 10.9 Å². The maximum atomic E-state index is 11.1. The fourth-order valence-corrected chi connectivity index (χ4v) is 1.24. The predicted octanol–water partition coefficient (Wildman–Crippen LogP) is 2.46. The van der Waals surface area contributed by atoms with Gasteiger partial charge < -0.3 is 5.32 Å². The van der Waals surface area contributed by atoms with E-state index in [2.05, 4.69) is 32.2 Å². The van der Waals surface area contributed by atoms with E-state index in [1.807, 2.05) is 0 Å². The van der Waals surface area contributed by atoms with Crippen LogP contribution in [0.2, 0.25) is 5.15 Å². The van der Waals surface area contributed by atoms with Crippen LogP contribution in [0.3, 0.4) is 0 Å². The number of nitrogens with zero attached hydrogens (tertiary/aromatic N) is 1. The fourth-order valence-electron chi connectivity index (χ4n) is 0.787. The minimum Gasteiger partial charge on any atom is -0.324 e. The molecule has 0 atom stereocenters. The SMILES string of the molecule is C#CCC(=O)Nc1cnc(Cl)c(Br)c1. The average molecular weight is 274 g/mol. The first-order valence-corrected chi connectivity index (χ1v) is 4.85. The van der Waals surface area contributed by atoms with Crippen molar-refractivity contribution in [1.82, 2.24) is 4.98 Å². The standard InChI is InChI=1S/C9H6BrClN2O/c1-2-3-8(14)13-6-4-7(10)9(11)12-5-6/h1,4-5H,3H2,(H,13,14). The van der Waals surface area contributed by atoms with Gasteiger partial charge in [-0.2, -0.15) is 0 Å². The number of terminal acetylenes is 1. The van der Waals surface area contributed by atoms with Gasteiger partial charge in [-0.15, -0.1) is 6.42 Å². The van der Waals surface area contributed by atoms with E-state index < -0.39 is 0 Å². The van der Waals surface area contributed by atoms with Crippen LogP contribution in [0.4, 0.5) is 5.69 Å². The molecule has 0 unspecified atom stereocenters. The molecule has 0 saturated heterocycles. The van der Waals surface area contributed by atoms with E-state index in [0.717, 1.165) is 0 Å². The largest absolute Gasteiger partial charge is 0.324 e. The number of nitrogens with one attached hydrogen (secondary N) is 1. The zero-order chi connectivity index (χ0) is 10.6. The molecule has 0 spiro atoms. The molecule has 72 valence electrons. The monoisotopic (exact) mass is 272 g/mol. The Morgan fingerprint density at radius 2 is 2.50 bits per heavy atom. The van der Waals surface area contributed by atoms with E-state index in [1.165, 1.54) is 6.20 Å². The number of carbonyl (C=O) groups excluding carboxylic acids is 1. The summed E-state index contributed by atoms with van der Waals surface area (Å²) in [6.07, 6.45) is 6.48. The summed E-state index contributed by atoms with van der Waals surface area (Å²) in [5, 5.41) is 2.93. The van der Waals surface area contributed by atoms with Crippen molar-refractivity contribution in [3.05, 3.63) is 21.9 Å². The highest BCUT2D eigenvalue weighted by molar-refractivity contribution is 9.10. The summed E-state index contributed by atoms with van der Waals surface area (Å²) < 4.78 is 0.623. The fraction of sp³-hybridized carbons (Fsp3) is 0.111. The molecule has 1 rings (SSSR count). The number of rotatable bonds is 2. The van der Waals surface area contributed by atoms with Gasteiger partial charge in [0.1, 0.15) is 5.15 Å². The van der Waals surface area contributed by atoms with E-state index >= 15 is 0 Å². The van der Waals surface area contributed by atoms with E-state index in [9.17, 15) is 4.79 Å². The van der Waals surface area contributed by atoms with Gasteiger partial charge in [0.05, 0.1) is 22.8 Å². The lowest BCUT2D eigenvalue weighted by Gasteiger charge is -2.03. The zero-order valence-corrected chi connectivity index (χ0v) is 9.39. The average Bonchev–Trinajstić information content (AvgIpc) is 2.12. The molecule has 0 aliphatic rings. The Bertz CT molecular complexity index is 400. The van der Waals surface area contributed by atoms with Crippen LogP contribution in [0.5, 0.6) is 0 Å². The number of halogens is 2. The summed E-state index contributed by atoms with van der Waals surface area (Å²) in [6.45, 7) is 0. The van der Waals surface area contributed by atoms with Crippen LogP contribution in [0.15, 0.2) is 16.7 Å². The van der Waals surface area contributed by atoms with Crippen molar-refractivity contribution in [3.8, 4) is 12.3 Å². The van der Waals surface area contributed by atoms with Crippen LogP contribution in [0, 0.1) is 12.3 Å². The van der Waals surface area contributed by atoms with Gasteiger partial charge in [0, 0.05) is 0 Å². The maximum absolute atomic E-state index is 11.1. The first kappa shape index (κ1) is 11.0. The molecule has 1 amide bonds. The Morgan fingerprint density at radius 3 is 3.07 bits per heavy atom. The first-order valence-electron chi connectivity index (χ1n) is 3.68. The third-order valence-electron chi connectivity index (χ3n) is 1.34. The molecule has 0 aliphatic heterocycles. The Kier molecular flexibility index (Phi) is 3.93. The summed E-state index contributed by atoms with van der Waals surface area (Å²) in [6, 6.07) is 1.66. The number of pyridine rings is 1. The molecule has 5 heteroatoms. The van der Waals surface area contributed by atoms with Crippen LogP contribution < -0.4 is 5.32 Å². The number of aromatic nitrogens is 1. The molecule has 0 aliphatic carbocycles. The van der Waals surface area contributed by atoms with Crippen molar-refractivity contribution in [2.45, 2.75) is 6.42 Å². The number of amides is 1. The van der Waals surface area contributed by atoms with E-state index in [0.29, 0.717) is 15.3 Å². The summed E-state index contributed by atoms with van der Waals surface area (Å²) >= 11 is 8.86. The lowest BCUT2D eigenvalue weighted by atomic mass is 10.3. The Labute approximate surface area is 95.0 Å². The van der Waals surface area contributed by atoms with Crippen molar-refractivity contribution >= 4 is 39.1 Å². The van der Waals surface area contributed by atoms with Gasteiger partial charge in [0.25, 0.3) is 0 Å². The molecule has 14 heavy (non-hydrogen) atoms. The third kappa shape index (κ3) is 3.02. The molecular formula is C9H6BrClN2O. The topological polar surface area (TPSA) is 42.0 Å². The smallest absolute Gasteiger partial charge is 0.236 e. The van der Waals surface area contributed by atoms with Crippen molar-refractivity contribution in [2.24, 2.45) is 0 Å². The number of carbonyl (C=O) groups is 1. The Hall–Kier alpha value is -1.05. The van der Waals surface area contributed by atoms with Gasteiger partial charge in [-0.1, -0.05) is 17.5 Å². The molecule has 3 nitrogen and oxygen atoms in total. The third-order valence-corrected chi connectivity index (χ3v) is 2.48. The molecule has 1 aromatic rings.